The smallest absolute Gasteiger partial charge is 0.123 e. The molecule has 1 atom stereocenters. The van der Waals surface area contributed by atoms with Crippen LogP contribution in [-0.4, -0.2) is 12.6 Å². The summed E-state index contributed by atoms with van der Waals surface area (Å²) in [5, 5.41) is 0. The third-order valence-electron chi connectivity index (χ3n) is 2.33. The van der Waals surface area contributed by atoms with E-state index in [0.29, 0.717) is 11.3 Å². The van der Waals surface area contributed by atoms with Crippen LogP contribution in [0.5, 0.6) is 5.75 Å². The maximum Gasteiger partial charge on any atom is 0.123 e. The largest absolute Gasteiger partial charge is 0.496 e. The van der Waals surface area contributed by atoms with E-state index in [-0.39, 0.29) is 5.82 Å². The van der Waals surface area contributed by atoms with E-state index in [0.717, 1.165) is 0 Å². The van der Waals surface area contributed by atoms with Crippen molar-refractivity contribution in [3.8, 4) is 5.75 Å². The van der Waals surface area contributed by atoms with Gasteiger partial charge in [0.15, 0.2) is 0 Å². The average molecular weight is 212 g/mol. The SMILES string of the molecule is COc1ccc(F)cc1C(N)C(C)(C)N. The van der Waals surface area contributed by atoms with Gasteiger partial charge in [0.05, 0.1) is 13.2 Å². The third-order valence-corrected chi connectivity index (χ3v) is 2.33. The van der Waals surface area contributed by atoms with Crippen molar-refractivity contribution in [3.05, 3.63) is 29.6 Å². The normalized spacial score (nSPS) is 13.7. The van der Waals surface area contributed by atoms with Crippen LogP contribution in [0.25, 0.3) is 0 Å². The summed E-state index contributed by atoms with van der Waals surface area (Å²) >= 11 is 0. The predicted molar refractivity (Wildman–Crippen MR) is 58.1 cm³/mol. The van der Waals surface area contributed by atoms with Gasteiger partial charge in [0, 0.05) is 11.1 Å². The van der Waals surface area contributed by atoms with Gasteiger partial charge in [0.1, 0.15) is 11.6 Å². The zero-order chi connectivity index (χ0) is 11.6. The number of methoxy groups -OCH3 is 1. The van der Waals surface area contributed by atoms with E-state index in [1.807, 2.05) is 0 Å². The van der Waals surface area contributed by atoms with Gasteiger partial charge in [-0.1, -0.05) is 0 Å². The molecule has 1 aromatic rings. The van der Waals surface area contributed by atoms with Gasteiger partial charge in [-0.2, -0.15) is 0 Å². The van der Waals surface area contributed by atoms with Crippen molar-refractivity contribution in [2.75, 3.05) is 7.11 Å². The highest BCUT2D eigenvalue weighted by Gasteiger charge is 2.25. The second kappa shape index (κ2) is 4.16. The van der Waals surface area contributed by atoms with E-state index in [1.54, 1.807) is 19.9 Å². The van der Waals surface area contributed by atoms with Crippen LogP contribution in [0, 0.1) is 5.82 Å². The monoisotopic (exact) mass is 212 g/mol. The van der Waals surface area contributed by atoms with Crippen LogP contribution in [0.4, 0.5) is 4.39 Å². The van der Waals surface area contributed by atoms with Crippen molar-refractivity contribution < 1.29 is 9.13 Å². The van der Waals surface area contributed by atoms with E-state index in [1.165, 1.54) is 19.2 Å². The Hall–Kier alpha value is -1.13. The summed E-state index contributed by atoms with van der Waals surface area (Å²) in [5.41, 5.74) is 11.8. The number of halogens is 1. The Morgan fingerprint density at radius 3 is 2.47 bits per heavy atom. The average Bonchev–Trinajstić information content (AvgIpc) is 2.15. The maximum atomic E-state index is 13.1. The third kappa shape index (κ3) is 2.67. The molecule has 0 heterocycles. The molecule has 1 rings (SSSR count). The molecule has 0 spiro atoms. The first kappa shape index (κ1) is 11.9. The topological polar surface area (TPSA) is 61.3 Å². The van der Waals surface area contributed by atoms with E-state index in [4.69, 9.17) is 16.2 Å². The number of hydrogen-bond acceptors (Lipinski definition) is 3. The van der Waals surface area contributed by atoms with Gasteiger partial charge in [0.2, 0.25) is 0 Å². The molecular formula is C11H17FN2O. The molecular weight excluding hydrogens is 195 g/mol. The maximum absolute atomic E-state index is 13.1. The Kier molecular flexibility index (Phi) is 3.31. The molecule has 0 aliphatic carbocycles. The lowest BCUT2D eigenvalue weighted by molar-refractivity contribution is 0.375. The van der Waals surface area contributed by atoms with Crippen molar-refractivity contribution in [1.82, 2.24) is 0 Å². The highest BCUT2D eigenvalue weighted by molar-refractivity contribution is 5.37. The lowest BCUT2D eigenvalue weighted by Gasteiger charge is -2.28. The van der Waals surface area contributed by atoms with Gasteiger partial charge < -0.3 is 16.2 Å². The molecule has 0 aliphatic rings. The zero-order valence-electron chi connectivity index (χ0n) is 9.25. The van der Waals surface area contributed by atoms with Gasteiger partial charge in [0.25, 0.3) is 0 Å². The van der Waals surface area contributed by atoms with Crippen molar-refractivity contribution >= 4 is 0 Å². The molecule has 15 heavy (non-hydrogen) atoms. The fraction of sp³-hybridized carbons (Fsp3) is 0.455. The lowest BCUT2D eigenvalue weighted by atomic mass is 9.90. The van der Waals surface area contributed by atoms with Gasteiger partial charge in [-0.25, -0.2) is 4.39 Å². The molecule has 0 aromatic heterocycles. The van der Waals surface area contributed by atoms with E-state index < -0.39 is 11.6 Å². The Balaban J connectivity index is 3.17. The lowest BCUT2D eigenvalue weighted by Crippen LogP contribution is -2.43. The zero-order valence-corrected chi connectivity index (χ0v) is 9.25. The molecule has 0 radical (unpaired) electrons. The molecule has 0 bridgehead atoms. The molecule has 4 heteroatoms. The van der Waals surface area contributed by atoms with Crippen molar-refractivity contribution in [1.29, 1.82) is 0 Å². The first-order valence-electron chi connectivity index (χ1n) is 4.74. The summed E-state index contributed by atoms with van der Waals surface area (Å²) in [6.07, 6.45) is 0. The standard InChI is InChI=1S/C11H17FN2O/c1-11(2,14)10(13)8-6-7(12)4-5-9(8)15-3/h4-6,10H,13-14H2,1-3H3. The number of rotatable bonds is 3. The first-order chi connectivity index (χ1) is 6.86. The van der Waals surface area contributed by atoms with Crippen LogP contribution < -0.4 is 16.2 Å². The summed E-state index contributed by atoms with van der Waals surface area (Å²) in [4.78, 5) is 0. The summed E-state index contributed by atoms with van der Waals surface area (Å²) < 4.78 is 18.2. The van der Waals surface area contributed by atoms with Gasteiger partial charge in [-0.3, -0.25) is 0 Å². The molecule has 1 aromatic carbocycles. The number of benzene rings is 1. The molecule has 4 N–H and O–H groups in total. The fourth-order valence-corrected chi connectivity index (χ4v) is 1.35. The molecule has 0 saturated heterocycles. The Morgan fingerprint density at radius 1 is 1.40 bits per heavy atom. The second-order valence-corrected chi connectivity index (χ2v) is 4.19. The van der Waals surface area contributed by atoms with Crippen molar-refractivity contribution in [2.45, 2.75) is 25.4 Å². The molecule has 0 amide bonds. The summed E-state index contributed by atoms with van der Waals surface area (Å²) in [5.74, 6) is 0.216. The molecule has 0 saturated carbocycles. The first-order valence-corrected chi connectivity index (χ1v) is 4.74. The van der Waals surface area contributed by atoms with E-state index in [9.17, 15) is 4.39 Å². The summed E-state index contributed by atoms with van der Waals surface area (Å²) in [7, 11) is 1.52. The van der Waals surface area contributed by atoms with E-state index >= 15 is 0 Å². The minimum atomic E-state index is -0.624. The van der Waals surface area contributed by atoms with Crippen LogP contribution in [0.1, 0.15) is 25.5 Å². The Labute approximate surface area is 89.2 Å². The molecule has 0 aliphatic heterocycles. The van der Waals surface area contributed by atoms with E-state index in [2.05, 4.69) is 0 Å². The Bertz CT molecular complexity index is 347. The number of nitrogens with two attached hydrogens (primary N) is 2. The summed E-state index contributed by atoms with van der Waals surface area (Å²) in [6.45, 7) is 3.59. The molecule has 1 unspecified atom stereocenters. The highest BCUT2D eigenvalue weighted by atomic mass is 19.1. The van der Waals surface area contributed by atoms with Gasteiger partial charge in [-0.05, 0) is 32.0 Å². The summed E-state index contributed by atoms with van der Waals surface area (Å²) in [6, 6.07) is 3.77. The van der Waals surface area contributed by atoms with Gasteiger partial charge >= 0.3 is 0 Å². The van der Waals surface area contributed by atoms with Crippen molar-refractivity contribution in [3.63, 3.8) is 0 Å². The fourth-order valence-electron chi connectivity index (χ4n) is 1.35. The highest BCUT2D eigenvalue weighted by Crippen LogP contribution is 2.29. The number of ether oxygens (including phenoxy) is 1. The van der Waals surface area contributed by atoms with Crippen LogP contribution in [0.15, 0.2) is 18.2 Å². The second-order valence-electron chi connectivity index (χ2n) is 4.19. The van der Waals surface area contributed by atoms with Crippen LogP contribution in [0.3, 0.4) is 0 Å². The van der Waals surface area contributed by atoms with Crippen LogP contribution in [-0.2, 0) is 0 Å². The van der Waals surface area contributed by atoms with Crippen LogP contribution >= 0.6 is 0 Å². The Morgan fingerprint density at radius 2 is 2.00 bits per heavy atom. The van der Waals surface area contributed by atoms with Gasteiger partial charge in [-0.15, -0.1) is 0 Å². The quantitative estimate of drug-likeness (QED) is 0.799. The minimum absolute atomic E-state index is 0.342. The predicted octanol–water partition coefficient (Wildman–Crippen LogP) is 1.57. The molecule has 84 valence electrons. The van der Waals surface area contributed by atoms with Crippen LogP contribution in [0.2, 0.25) is 0 Å². The van der Waals surface area contributed by atoms with Crippen molar-refractivity contribution in [2.24, 2.45) is 11.5 Å². The minimum Gasteiger partial charge on any atom is -0.496 e. The molecule has 3 nitrogen and oxygen atoms in total. The number of hydrogen-bond donors (Lipinski definition) is 2. The molecule has 0 fully saturated rings.